The van der Waals surface area contributed by atoms with E-state index in [-0.39, 0.29) is 16.7 Å². The van der Waals surface area contributed by atoms with Crippen LogP contribution in [0.5, 0.6) is 0 Å². The molecule has 1 atom stereocenters. The molecule has 1 saturated heterocycles. The molecule has 2 aromatic rings. The van der Waals surface area contributed by atoms with Gasteiger partial charge in [0.25, 0.3) is 5.91 Å². The first kappa shape index (κ1) is 24.3. The van der Waals surface area contributed by atoms with Gasteiger partial charge in [0, 0.05) is 32.1 Å². The molecular weight excluding hydrogens is 443 g/mol. The minimum Gasteiger partial charge on any atom is -0.444 e. The minimum atomic E-state index is -4.53. The molecule has 3 heterocycles. The number of carbonyl (C=O) groups excluding carboxylic acids is 2. The zero-order valence-corrected chi connectivity index (χ0v) is 19.7. The van der Waals surface area contributed by atoms with Gasteiger partial charge < -0.3 is 14.5 Å². The number of carbonyl (C=O) groups is 2. The van der Waals surface area contributed by atoms with E-state index in [0.717, 1.165) is 30.2 Å². The Morgan fingerprint density at radius 1 is 1.28 bits per heavy atom. The predicted molar refractivity (Wildman–Crippen MR) is 117 cm³/mol. The van der Waals surface area contributed by atoms with Crippen LogP contribution in [0, 0.1) is 12.8 Å². The smallest absolute Gasteiger partial charge is 0.433 e. The number of halogens is 3. The second-order valence-corrected chi connectivity index (χ2v) is 10.2. The predicted octanol–water partition coefficient (Wildman–Crippen LogP) is 5.34. The summed E-state index contributed by atoms with van der Waals surface area (Å²) in [6.07, 6.45) is -3.28. The molecule has 1 aliphatic heterocycles. The van der Waals surface area contributed by atoms with E-state index in [1.165, 1.54) is 11.0 Å². The second-order valence-electron chi connectivity index (χ2n) is 9.22. The molecule has 2 aromatic heterocycles. The number of amides is 2. The first-order chi connectivity index (χ1) is 14.8. The standard InChI is InChI=1S/C22H28F3N3O3S/c1-13-15-8-9-16(22(23,24)25)26-18(15)32-17(13)19(29)28-10-6-7-14(12-28)11-27(5)20(30)31-21(2,3)4/h8-9,14H,6-7,10-12H2,1-5H3. The van der Waals surface area contributed by atoms with E-state index in [1.807, 2.05) is 0 Å². The van der Waals surface area contributed by atoms with E-state index in [1.54, 1.807) is 39.6 Å². The van der Waals surface area contributed by atoms with Crippen molar-refractivity contribution in [3.8, 4) is 0 Å². The van der Waals surface area contributed by atoms with Gasteiger partial charge in [0.1, 0.15) is 16.1 Å². The Bertz CT molecular complexity index is 1010. The zero-order chi connectivity index (χ0) is 23.8. The summed E-state index contributed by atoms with van der Waals surface area (Å²) in [6, 6.07) is 2.32. The lowest BCUT2D eigenvalue weighted by Gasteiger charge is -2.35. The molecule has 1 aliphatic rings. The van der Waals surface area contributed by atoms with E-state index in [2.05, 4.69) is 4.98 Å². The summed E-state index contributed by atoms with van der Waals surface area (Å²) in [5.74, 6) is -0.112. The van der Waals surface area contributed by atoms with Crippen molar-refractivity contribution >= 4 is 33.6 Å². The number of rotatable bonds is 3. The quantitative estimate of drug-likeness (QED) is 0.606. The van der Waals surface area contributed by atoms with Crippen LogP contribution in [0.2, 0.25) is 0 Å². The normalized spacial score (nSPS) is 17.5. The van der Waals surface area contributed by atoms with Crippen LogP contribution in [0.4, 0.5) is 18.0 Å². The Balaban J connectivity index is 1.73. The van der Waals surface area contributed by atoms with Gasteiger partial charge in [-0.05, 0) is 64.2 Å². The van der Waals surface area contributed by atoms with Crippen molar-refractivity contribution in [3.05, 3.63) is 28.3 Å². The summed E-state index contributed by atoms with van der Waals surface area (Å²) in [5.41, 5.74) is -0.906. The van der Waals surface area contributed by atoms with Crippen LogP contribution in [0.1, 0.15) is 54.5 Å². The highest BCUT2D eigenvalue weighted by atomic mass is 32.1. The van der Waals surface area contributed by atoms with E-state index in [9.17, 15) is 22.8 Å². The van der Waals surface area contributed by atoms with E-state index >= 15 is 0 Å². The van der Waals surface area contributed by atoms with Gasteiger partial charge in [-0.25, -0.2) is 9.78 Å². The number of aryl methyl sites for hydroxylation is 1. The highest BCUT2D eigenvalue weighted by molar-refractivity contribution is 7.20. The average molecular weight is 472 g/mol. The van der Waals surface area contributed by atoms with Gasteiger partial charge >= 0.3 is 12.3 Å². The molecule has 0 radical (unpaired) electrons. The molecule has 6 nitrogen and oxygen atoms in total. The largest absolute Gasteiger partial charge is 0.444 e. The summed E-state index contributed by atoms with van der Waals surface area (Å²) in [4.78, 5) is 33.0. The summed E-state index contributed by atoms with van der Waals surface area (Å²) in [5, 5.41) is 0.560. The van der Waals surface area contributed by atoms with Crippen molar-refractivity contribution in [2.45, 2.75) is 52.3 Å². The fourth-order valence-electron chi connectivity index (χ4n) is 3.80. The molecule has 2 amide bonds. The van der Waals surface area contributed by atoms with Gasteiger partial charge in [-0.2, -0.15) is 13.2 Å². The SMILES string of the molecule is Cc1c(C(=O)N2CCCC(CN(C)C(=O)OC(C)(C)C)C2)sc2nc(C(F)(F)F)ccc12. The number of alkyl halides is 3. The molecule has 176 valence electrons. The molecule has 1 fully saturated rings. The van der Waals surface area contributed by atoms with Crippen LogP contribution in [0.15, 0.2) is 12.1 Å². The second kappa shape index (κ2) is 8.88. The number of pyridine rings is 1. The number of fused-ring (bicyclic) bond motifs is 1. The molecule has 32 heavy (non-hydrogen) atoms. The topological polar surface area (TPSA) is 62.7 Å². The molecule has 0 aliphatic carbocycles. The van der Waals surface area contributed by atoms with Crippen molar-refractivity contribution < 1.29 is 27.5 Å². The summed E-state index contributed by atoms with van der Waals surface area (Å²) >= 11 is 0.995. The van der Waals surface area contributed by atoms with Gasteiger partial charge in [-0.1, -0.05) is 0 Å². The third-order valence-electron chi connectivity index (χ3n) is 5.33. The number of ether oxygens (including phenoxy) is 1. The monoisotopic (exact) mass is 471 g/mol. The van der Waals surface area contributed by atoms with Crippen molar-refractivity contribution in [1.29, 1.82) is 0 Å². The zero-order valence-electron chi connectivity index (χ0n) is 18.9. The number of hydrogen-bond acceptors (Lipinski definition) is 5. The van der Waals surface area contributed by atoms with E-state index < -0.39 is 23.6 Å². The molecule has 0 aromatic carbocycles. The van der Waals surface area contributed by atoms with Gasteiger partial charge in [0.2, 0.25) is 0 Å². The molecule has 0 spiro atoms. The van der Waals surface area contributed by atoms with Crippen molar-refractivity contribution in [1.82, 2.24) is 14.8 Å². The number of aromatic nitrogens is 1. The Hall–Kier alpha value is -2.36. The molecule has 0 saturated carbocycles. The maximum absolute atomic E-state index is 13.2. The minimum absolute atomic E-state index is 0.0925. The number of nitrogens with zero attached hydrogens (tertiary/aromatic N) is 3. The summed E-state index contributed by atoms with van der Waals surface area (Å²) in [6.45, 7) is 8.65. The Morgan fingerprint density at radius 2 is 1.97 bits per heavy atom. The molecule has 0 bridgehead atoms. The van der Waals surface area contributed by atoms with Crippen LogP contribution >= 0.6 is 11.3 Å². The third-order valence-corrected chi connectivity index (χ3v) is 6.52. The molecular formula is C22H28F3N3O3S. The van der Waals surface area contributed by atoms with Crippen LogP contribution in [0.3, 0.4) is 0 Å². The van der Waals surface area contributed by atoms with Gasteiger partial charge in [-0.3, -0.25) is 4.79 Å². The van der Waals surface area contributed by atoms with E-state index in [0.29, 0.717) is 35.5 Å². The lowest BCUT2D eigenvalue weighted by atomic mass is 9.97. The first-order valence-corrected chi connectivity index (χ1v) is 11.3. The lowest BCUT2D eigenvalue weighted by molar-refractivity contribution is -0.140. The van der Waals surface area contributed by atoms with Gasteiger partial charge in [-0.15, -0.1) is 11.3 Å². The fraction of sp³-hybridized carbons (Fsp3) is 0.591. The summed E-state index contributed by atoms with van der Waals surface area (Å²) < 4.78 is 44.4. The third kappa shape index (κ3) is 5.51. The van der Waals surface area contributed by atoms with Crippen molar-refractivity contribution in [3.63, 3.8) is 0 Å². The highest BCUT2D eigenvalue weighted by Gasteiger charge is 2.34. The lowest BCUT2D eigenvalue weighted by Crippen LogP contribution is -2.45. The van der Waals surface area contributed by atoms with Gasteiger partial charge in [0.15, 0.2) is 0 Å². The first-order valence-electron chi connectivity index (χ1n) is 10.5. The van der Waals surface area contributed by atoms with E-state index in [4.69, 9.17) is 4.74 Å². The van der Waals surface area contributed by atoms with Crippen molar-refractivity contribution in [2.24, 2.45) is 5.92 Å². The highest BCUT2D eigenvalue weighted by Crippen LogP contribution is 2.35. The van der Waals surface area contributed by atoms with Crippen LogP contribution in [-0.2, 0) is 10.9 Å². The van der Waals surface area contributed by atoms with Crippen LogP contribution in [0.25, 0.3) is 10.2 Å². The van der Waals surface area contributed by atoms with Crippen molar-refractivity contribution in [2.75, 3.05) is 26.7 Å². The molecule has 0 N–H and O–H groups in total. The Kier molecular flexibility index (Phi) is 6.74. The fourth-order valence-corrected chi connectivity index (χ4v) is 4.95. The van der Waals surface area contributed by atoms with Crippen LogP contribution < -0.4 is 0 Å². The maximum atomic E-state index is 13.2. The number of likely N-dealkylation sites (tertiary alicyclic amines) is 1. The number of piperidine rings is 1. The van der Waals surface area contributed by atoms with Crippen LogP contribution in [-0.4, -0.2) is 59.1 Å². The average Bonchev–Trinajstić information content (AvgIpc) is 3.01. The molecule has 10 heteroatoms. The van der Waals surface area contributed by atoms with Gasteiger partial charge in [0.05, 0.1) is 4.88 Å². The molecule has 3 rings (SSSR count). The number of hydrogen-bond donors (Lipinski definition) is 0. The summed E-state index contributed by atoms with van der Waals surface area (Å²) in [7, 11) is 1.68. The molecule has 1 unspecified atom stereocenters. The number of thiophene rings is 1. The Morgan fingerprint density at radius 3 is 2.59 bits per heavy atom. The Labute approximate surface area is 189 Å². The maximum Gasteiger partial charge on any atom is 0.433 e.